The van der Waals surface area contributed by atoms with Crippen LogP contribution >= 0.6 is 0 Å². The highest BCUT2D eigenvalue weighted by molar-refractivity contribution is 6.02. The van der Waals surface area contributed by atoms with Crippen LogP contribution in [0.25, 0.3) is 0 Å². The third-order valence-electron chi connectivity index (χ3n) is 4.21. The smallest absolute Gasteiger partial charge is 0.319 e. The van der Waals surface area contributed by atoms with E-state index in [1.165, 1.54) is 12.8 Å². The molecule has 0 bridgehead atoms. The number of carboxylic acids is 1. The summed E-state index contributed by atoms with van der Waals surface area (Å²) in [7, 11) is 0. The van der Waals surface area contributed by atoms with Gasteiger partial charge < -0.3 is 10.4 Å². The molecule has 0 aromatic carbocycles. The van der Waals surface area contributed by atoms with E-state index in [1.807, 2.05) is 0 Å². The lowest BCUT2D eigenvalue weighted by molar-refractivity contribution is -0.162. The number of carbonyl (C=O) groups excluding carboxylic acids is 1. The molecule has 0 atom stereocenters. The van der Waals surface area contributed by atoms with E-state index < -0.39 is 11.4 Å². The fraction of sp³-hybridized carbons (Fsp3) is 0.846. The summed E-state index contributed by atoms with van der Waals surface area (Å²) in [5.74, 6) is -1.27. The van der Waals surface area contributed by atoms with Crippen LogP contribution in [-0.4, -0.2) is 47.6 Å². The van der Waals surface area contributed by atoms with Gasteiger partial charge in [0.05, 0.1) is 0 Å². The summed E-state index contributed by atoms with van der Waals surface area (Å²) >= 11 is 0. The Morgan fingerprint density at radius 1 is 1.39 bits per heavy atom. The van der Waals surface area contributed by atoms with Gasteiger partial charge in [0.25, 0.3) is 0 Å². The highest BCUT2D eigenvalue weighted by Crippen LogP contribution is 2.41. The lowest BCUT2D eigenvalue weighted by Crippen LogP contribution is -2.52. The minimum Gasteiger partial charge on any atom is -0.480 e. The van der Waals surface area contributed by atoms with E-state index in [0.29, 0.717) is 25.4 Å². The van der Waals surface area contributed by atoms with Crippen LogP contribution in [0.5, 0.6) is 0 Å². The maximum absolute atomic E-state index is 11.9. The summed E-state index contributed by atoms with van der Waals surface area (Å²) in [6.07, 6.45) is 4.30. The summed E-state index contributed by atoms with van der Waals surface area (Å²) in [5, 5.41) is 11.9. The number of aliphatic carboxylic acids is 1. The molecule has 0 aliphatic heterocycles. The highest BCUT2D eigenvalue weighted by atomic mass is 16.4. The van der Waals surface area contributed by atoms with E-state index >= 15 is 0 Å². The number of likely N-dealkylation sites (N-methyl/N-ethyl adjacent to an activating group) is 1. The van der Waals surface area contributed by atoms with Crippen molar-refractivity contribution in [2.75, 3.05) is 19.6 Å². The highest BCUT2D eigenvalue weighted by Gasteiger charge is 2.51. The molecule has 0 unspecified atom stereocenters. The zero-order chi connectivity index (χ0) is 13.2. The molecule has 0 aromatic heterocycles. The monoisotopic (exact) mass is 254 g/mol. The van der Waals surface area contributed by atoms with Crippen LogP contribution in [-0.2, 0) is 9.59 Å². The number of rotatable bonds is 7. The Kier molecular flexibility index (Phi) is 3.90. The fourth-order valence-corrected chi connectivity index (χ4v) is 2.59. The molecule has 2 aliphatic rings. The standard InChI is InChI=1S/C13H22N2O3/c1-2-15(10-4-5-10)9-8-14-11(16)13(12(17)18)6-3-7-13/h10H,2-9H2,1H3,(H,14,16)(H,17,18). The first-order valence-electron chi connectivity index (χ1n) is 6.86. The van der Waals surface area contributed by atoms with Crippen LogP contribution in [0.3, 0.4) is 0 Å². The number of nitrogens with one attached hydrogen (secondary N) is 1. The van der Waals surface area contributed by atoms with Crippen LogP contribution in [0.1, 0.15) is 39.0 Å². The minimum atomic E-state index is -1.13. The Morgan fingerprint density at radius 3 is 2.44 bits per heavy atom. The number of amides is 1. The van der Waals surface area contributed by atoms with Crippen molar-refractivity contribution < 1.29 is 14.7 Å². The van der Waals surface area contributed by atoms with Gasteiger partial charge >= 0.3 is 5.97 Å². The molecule has 5 heteroatoms. The Morgan fingerprint density at radius 2 is 2.06 bits per heavy atom. The van der Waals surface area contributed by atoms with Crippen molar-refractivity contribution in [1.29, 1.82) is 0 Å². The molecule has 18 heavy (non-hydrogen) atoms. The predicted molar refractivity (Wildman–Crippen MR) is 67.2 cm³/mol. The van der Waals surface area contributed by atoms with Gasteiger partial charge in [-0.2, -0.15) is 0 Å². The summed E-state index contributed by atoms with van der Waals surface area (Å²) in [4.78, 5) is 25.4. The second kappa shape index (κ2) is 5.26. The maximum atomic E-state index is 11.9. The van der Waals surface area contributed by atoms with Crippen LogP contribution in [0.15, 0.2) is 0 Å². The van der Waals surface area contributed by atoms with Gasteiger partial charge in [-0.1, -0.05) is 13.3 Å². The van der Waals surface area contributed by atoms with Crippen molar-refractivity contribution in [2.45, 2.75) is 45.1 Å². The second-order valence-corrected chi connectivity index (χ2v) is 5.36. The molecule has 2 saturated carbocycles. The van der Waals surface area contributed by atoms with Crippen molar-refractivity contribution in [3.05, 3.63) is 0 Å². The quantitative estimate of drug-likeness (QED) is 0.661. The van der Waals surface area contributed by atoms with Gasteiger partial charge in [-0.3, -0.25) is 14.5 Å². The average molecular weight is 254 g/mol. The van der Waals surface area contributed by atoms with E-state index in [9.17, 15) is 9.59 Å². The van der Waals surface area contributed by atoms with Crippen molar-refractivity contribution in [3.63, 3.8) is 0 Å². The Hall–Kier alpha value is -1.10. The summed E-state index contributed by atoms with van der Waals surface area (Å²) in [6, 6.07) is 0.684. The number of nitrogens with zero attached hydrogens (tertiary/aromatic N) is 1. The fourth-order valence-electron chi connectivity index (χ4n) is 2.59. The topological polar surface area (TPSA) is 69.6 Å². The molecule has 2 rings (SSSR count). The van der Waals surface area contributed by atoms with Crippen molar-refractivity contribution in [3.8, 4) is 0 Å². The van der Waals surface area contributed by atoms with Gasteiger partial charge in [0.15, 0.2) is 0 Å². The van der Waals surface area contributed by atoms with Gasteiger partial charge in [0.2, 0.25) is 5.91 Å². The Balaban J connectivity index is 1.75. The van der Waals surface area contributed by atoms with Gasteiger partial charge in [-0.15, -0.1) is 0 Å². The molecule has 0 radical (unpaired) electrons. The van der Waals surface area contributed by atoms with E-state index in [2.05, 4.69) is 17.1 Å². The Bertz CT molecular complexity index is 335. The molecule has 0 aromatic rings. The van der Waals surface area contributed by atoms with Gasteiger partial charge in [-0.05, 0) is 32.2 Å². The van der Waals surface area contributed by atoms with Crippen LogP contribution < -0.4 is 5.32 Å². The molecule has 1 amide bonds. The van der Waals surface area contributed by atoms with E-state index in [-0.39, 0.29) is 5.91 Å². The average Bonchev–Trinajstić information content (AvgIpc) is 3.06. The normalized spacial score (nSPS) is 21.4. The molecular formula is C13H22N2O3. The number of carbonyl (C=O) groups is 2. The Labute approximate surface area is 108 Å². The van der Waals surface area contributed by atoms with Crippen molar-refractivity contribution in [1.82, 2.24) is 10.2 Å². The van der Waals surface area contributed by atoms with E-state index in [4.69, 9.17) is 5.11 Å². The lowest BCUT2D eigenvalue weighted by atomic mass is 9.68. The number of hydrogen-bond donors (Lipinski definition) is 2. The van der Waals surface area contributed by atoms with Crippen LogP contribution in [0.2, 0.25) is 0 Å². The first kappa shape index (κ1) is 13.3. The summed E-state index contributed by atoms with van der Waals surface area (Å²) in [6.45, 7) is 4.48. The van der Waals surface area contributed by atoms with Gasteiger partial charge in [0.1, 0.15) is 5.41 Å². The molecule has 2 fully saturated rings. The molecular weight excluding hydrogens is 232 g/mol. The molecule has 0 saturated heterocycles. The first-order chi connectivity index (χ1) is 8.60. The van der Waals surface area contributed by atoms with Gasteiger partial charge in [-0.25, -0.2) is 0 Å². The summed E-state index contributed by atoms with van der Waals surface area (Å²) < 4.78 is 0. The zero-order valence-electron chi connectivity index (χ0n) is 10.9. The van der Waals surface area contributed by atoms with Gasteiger partial charge in [0, 0.05) is 19.1 Å². The SMILES string of the molecule is CCN(CCNC(=O)C1(C(=O)O)CCC1)C1CC1. The zero-order valence-corrected chi connectivity index (χ0v) is 10.9. The number of hydrogen-bond acceptors (Lipinski definition) is 3. The van der Waals surface area contributed by atoms with Crippen molar-refractivity contribution in [2.24, 2.45) is 5.41 Å². The largest absolute Gasteiger partial charge is 0.480 e. The molecule has 0 heterocycles. The predicted octanol–water partition coefficient (Wildman–Crippen LogP) is 0.842. The molecule has 2 aliphatic carbocycles. The van der Waals surface area contributed by atoms with E-state index in [0.717, 1.165) is 19.5 Å². The first-order valence-corrected chi connectivity index (χ1v) is 6.86. The molecule has 102 valence electrons. The molecule has 0 spiro atoms. The maximum Gasteiger partial charge on any atom is 0.319 e. The van der Waals surface area contributed by atoms with E-state index in [1.54, 1.807) is 0 Å². The van der Waals surface area contributed by atoms with Crippen LogP contribution in [0, 0.1) is 5.41 Å². The third-order valence-corrected chi connectivity index (χ3v) is 4.21. The third kappa shape index (κ3) is 2.51. The lowest BCUT2D eigenvalue weighted by Gasteiger charge is -2.36. The summed E-state index contributed by atoms with van der Waals surface area (Å²) in [5.41, 5.74) is -1.13. The molecule has 5 nitrogen and oxygen atoms in total. The second-order valence-electron chi connectivity index (χ2n) is 5.36. The van der Waals surface area contributed by atoms with Crippen molar-refractivity contribution >= 4 is 11.9 Å². The molecule has 2 N–H and O–H groups in total. The number of carboxylic acid groups (broad SMARTS) is 1. The minimum absolute atomic E-state index is 0.298. The van der Waals surface area contributed by atoms with Crippen LogP contribution in [0.4, 0.5) is 0 Å².